The quantitative estimate of drug-likeness (QED) is 0.889. The smallest absolute Gasteiger partial charge is 0.231 e. The normalized spacial score (nSPS) is 21.4. The molecule has 1 atom stereocenters. The number of amides is 1. The van der Waals surface area contributed by atoms with Crippen LogP contribution >= 0.6 is 11.3 Å². The number of carbonyl (C=O) groups is 1. The number of aromatic hydroxyl groups is 1. The van der Waals surface area contributed by atoms with E-state index in [1.54, 1.807) is 30.5 Å². The summed E-state index contributed by atoms with van der Waals surface area (Å²) in [6.45, 7) is 3.95. The fourth-order valence-electron chi connectivity index (χ4n) is 2.73. The Morgan fingerprint density at radius 1 is 1.39 bits per heavy atom. The third-order valence-electron chi connectivity index (χ3n) is 4.13. The lowest BCUT2D eigenvalue weighted by atomic mass is 9.93. The summed E-state index contributed by atoms with van der Waals surface area (Å²) in [6, 6.07) is 9.22. The number of benzene rings is 1. The molecule has 0 aliphatic carbocycles. The van der Waals surface area contributed by atoms with E-state index in [1.165, 1.54) is 4.90 Å². The van der Waals surface area contributed by atoms with Gasteiger partial charge < -0.3 is 10.8 Å². The van der Waals surface area contributed by atoms with Crippen molar-refractivity contribution in [3.05, 3.63) is 40.8 Å². The number of phenolic OH excluding ortho intramolecular Hbond substituents is 1. The molecule has 5 nitrogen and oxygen atoms in total. The first-order valence-electron chi connectivity index (χ1n) is 7.32. The number of phenols is 1. The highest BCUT2D eigenvalue weighted by molar-refractivity contribution is 7.15. The molecule has 0 saturated heterocycles. The summed E-state index contributed by atoms with van der Waals surface area (Å²) in [5.74, 6) is 0.443. The zero-order chi connectivity index (χ0) is 16.8. The van der Waals surface area contributed by atoms with Crippen molar-refractivity contribution in [2.24, 2.45) is 10.7 Å². The van der Waals surface area contributed by atoms with Gasteiger partial charge >= 0.3 is 0 Å². The van der Waals surface area contributed by atoms with E-state index in [-0.39, 0.29) is 17.6 Å². The molecular formula is C17H19N3O2S. The molecule has 0 unspecified atom stereocenters. The second-order valence-electron chi connectivity index (χ2n) is 6.05. The molecule has 0 spiro atoms. The zero-order valence-electron chi connectivity index (χ0n) is 13.3. The van der Waals surface area contributed by atoms with Gasteiger partial charge in [0.2, 0.25) is 5.91 Å². The second kappa shape index (κ2) is 5.38. The third kappa shape index (κ3) is 2.70. The number of thiophene rings is 1. The Kier molecular flexibility index (Phi) is 3.64. The molecular weight excluding hydrogens is 310 g/mol. The number of guanidine groups is 1. The molecule has 0 saturated carbocycles. The number of aryl methyl sites for hydroxylation is 1. The highest BCUT2D eigenvalue weighted by Gasteiger charge is 2.37. The molecule has 6 heteroatoms. The van der Waals surface area contributed by atoms with Gasteiger partial charge in [0.15, 0.2) is 5.96 Å². The van der Waals surface area contributed by atoms with Crippen LogP contribution in [0.25, 0.3) is 10.4 Å². The Morgan fingerprint density at radius 3 is 2.78 bits per heavy atom. The maximum absolute atomic E-state index is 12.1. The van der Waals surface area contributed by atoms with E-state index in [2.05, 4.69) is 11.1 Å². The molecule has 2 heterocycles. The minimum Gasteiger partial charge on any atom is -0.508 e. The first-order valence-corrected chi connectivity index (χ1v) is 8.14. The first kappa shape index (κ1) is 15.6. The van der Waals surface area contributed by atoms with Crippen LogP contribution < -0.4 is 5.73 Å². The molecule has 1 amide bonds. The number of aliphatic imine (C=N–C) groups is 1. The monoisotopic (exact) mass is 329 g/mol. The van der Waals surface area contributed by atoms with Gasteiger partial charge in [0.1, 0.15) is 11.3 Å². The van der Waals surface area contributed by atoms with Gasteiger partial charge in [-0.25, -0.2) is 4.99 Å². The van der Waals surface area contributed by atoms with Crippen molar-refractivity contribution >= 4 is 23.2 Å². The van der Waals surface area contributed by atoms with Crippen LogP contribution in [-0.4, -0.2) is 28.9 Å². The van der Waals surface area contributed by atoms with Crippen molar-refractivity contribution < 1.29 is 9.90 Å². The number of carbonyl (C=O) groups excluding carboxylic acids is 1. The van der Waals surface area contributed by atoms with Crippen LogP contribution in [-0.2, 0) is 10.3 Å². The van der Waals surface area contributed by atoms with E-state index in [1.807, 2.05) is 26.0 Å². The van der Waals surface area contributed by atoms with Crippen LogP contribution in [0.5, 0.6) is 5.75 Å². The number of rotatable bonds is 2. The zero-order valence-corrected chi connectivity index (χ0v) is 14.1. The fourth-order valence-corrected chi connectivity index (χ4v) is 3.99. The van der Waals surface area contributed by atoms with Crippen molar-refractivity contribution in [3.8, 4) is 16.2 Å². The summed E-state index contributed by atoms with van der Waals surface area (Å²) >= 11 is 1.59. The summed E-state index contributed by atoms with van der Waals surface area (Å²) in [6.07, 6.45) is 0.295. The Hall–Kier alpha value is -2.34. The Morgan fingerprint density at radius 2 is 2.13 bits per heavy atom. The van der Waals surface area contributed by atoms with Crippen LogP contribution in [0.2, 0.25) is 0 Å². The van der Waals surface area contributed by atoms with Gasteiger partial charge in [-0.2, -0.15) is 0 Å². The van der Waals surface area contributed by atoms with E-state index in [0.29, 0.717) is 6.42 Å². The van der Waals surface area contributed by atoms with Gasteiger partial charge in [0, 0.05) is 16.8 Å². The maximum Gasteiger partial charge on any atom is 0.231 e. The Labute approximate surface area is 139 Å². The van der Waals surface area contributed by atoms with Gasteiger partial charge in [0.05, 0.1) is 6.42 Å². The third-order valence-corrected chi connectivity index (χ3v) is 5.67. The molecule has 1 aromatic carbocycles. The number of hydrogen-bond donors (Lipinski definition) is 2. The number of nitrogens with zero attached hydrogens (tertiary/aromatic N) is 2. The summed E-state index contributed by atoms with van der Waals surface area (Å²) in [4.78, 5) is 20.1. The molecule has 2 aromatic rings. The predicted octanol–water partition coefficient (Wildman–Crippen LogP) is 2.82. The minimum absolute atomic E-state index is 0.0371. The molecule has 0 radical (unpaired) electrons. The van der Waals surface area contributed by atoms with Crippen LogP contribution in [0.15, 0.2) is 35.3 Å². The highest BCUT2D eigenvalue weighted by Crippen LogP contribution is 2.42. The summed E-state index contributed by atoms with van der Waals surface area (Å²) in [5.41, 5.74) is 7.29. The lowest BCUT2D eigenvalue weighted by molar-refractivity contribution is -0.128. The Bertz CT molecular complexity index is 812. The van der Waals surface area contributed by atoms with Gasteiger partial charge in [-0.3, -0.25) is 9.69 Å². The summed E-state index contributed by atoms with van der Waals surface area (Å²) in [5, 5.41) is 9.69. The minimum atomic E-state index is -0.641. The second-order valence-corrected chi connectivity index (χ2v) is 7.10. The molecule has 1 aliphatic rings. The molecule has 3 rings (SSSR count). The van der Waals surface area contributed by atoms with Gasteiger partial charge in [-0.15, -0.1) is 11.3 Å². The molecule has 0 fully saturated rings. The van der Waals surface area contributed by atoms with Crippen LogP contribution in [0.4, 0.5) is 0 Å². The van der Waals surface area contributed by atoms with E-state index < -0.39 is 5.54 Å². The lowest BCUT2D eigenvalue weighted by Gasteiger charge is -2.32. The average Bonchev–Trinajstić information content (AvgIpc) is 2.87. The lowest BCUT2D eigenvalue weighted by Crippen LogP contribution is -2.47. The maximum atomic E-state index is 12.1. The standard InChI is InChI=1S/C17H19N3O2S/c1-10-7-13(17(2)9-14(22)20(3)16(18)19-17)23-15(10)11-5-4-6-12(21)8-11/h4-8,21H,9H2,1-3H3,(H2,18,19)/t17-/m0/s1. The predicted molar refractivity (Wildman–Crippen MR) is 92.5 cm³/mol. The number of hydrogen-bond acceptors (Lipinski definition) is 5. The molecule has 23 heavy (non-hydrogen) atoms. The van der Waals surface area contributed by atoms with Crippen LogP contribution in [0.1, 0.15) is 23.8 Å². The van der Waals surface area contributed by atoms with Crippen molar-refractivity contribution in [1.29, 1.82) is 0 Å². The highest BCUT2D eigenvalue weighted by atomic mass is 32.1. The summed E-state index contributed by atoms with van der Waals surface area (Å²) < 4.78 is 0. The van der Waals surface area contributed by atoms with Crippen molar-refractivity contribution in [3.63, 3.8) is 0 Å². The number of nitrogens with two attached hydrogens (primary N) is 1. The largest absolute Gasteiger partial charge is 0.508 e. The topological polar surface area (TPSA) is 78.9 Å². The fraction of sp³-hybridized carbons (Fsp3) is 0.294. The van der Waals surface area contributed by atoms with E-state index in [0.717, 1.165) is 20.9 Å². The Balaban J connectivity index is 2.06. The SMILES string of the molecule is Cc1cc([C@]2(C)CC(=O)N(C)C(N)=N2)sc1-c1cccc(O)c1. The van der Waals surface area contributed by atoms with E-state index >= 15 is 0 Å². The van der Waals surface area contributed by atoms with Gasteiger partial charge in [-0.1, -0.05) is 12.1 Å². The molecule has 0 bridgehead atoms. The van der Waals surface area contributed by atoms with E-state index in [4.69, 9.17) is 5.73 Å². The van der Waals surface area contributed by atoms with E-state index in [9.17, 15) is 9.90 Å². The first-order chi connectivity index (χ1) is 10.8. The molecule has 1 aliphatic heterocycles. The van der Waals surface area contributed by atoms with Crippen molar-refractivity contribution in [1.82, 2.24) is 4.90 Å². The van der Waals surface area contributed by atoms with Crippen molar-refractivity contribution in [2.75, 3.05) is 7.05 Å². The molecule has 3 N–H and O–H groups in total. The molecule has 120 valence electrons. The van der Waals surface area contributed by atoms with Crippen molar-refractivity contribution in [2.45, 2.75) is 25.8 Å². The summed E-state index contributed by atoms with van der Waals surface area (Å²) in [7, 11) is 1.64. The molecule has 1 aromatic heterocycles. The van der Waals surface area contributed by atoms with Gasteiger partial charge in [-0.05, 0) is 43.2 Å². The van der Waals surface area contributed by atoms with Crippen LogP contribution in [0.3, 0.4) is 0 Å². The average molecular weight is 329 g/mol. The van der Waals surface area contributed by atoms with Gasteiger partial charge in [0.25, 0.3) is 0 Å². The van der Waals surface area contributed by atoms with Crippen LogP contribution in [0, 0.1) is 6.92 Å².